The van der Waals surface area contributed by atoms with Gasteiger partial charge in [0.1, 0.15) is 5.54 Å². The molecule has 1 aromatic carbocycles. The van der Waals surface area contributed by atoms with Gasteiger partial charge < -0.3 is 5.32 Å². The normalized spacial score (nSPS) is 26.5. The van der Waals surface area contributed by atoms with Crippen molar-refractivity contribution in [1.29, 1.82) is 0 Å². The summed E-state index contributed by atoms with van der Waals surface area (Å²) in [5, 5.41) is 3.05. The fraction of sp³-hybridized carbons (Fsp3) is 0.636. The molecule has 2 aliphatic rings. The molecule has 3 rings (SSSR count). The molecule has 1 N–H and O–H groups in total. The third-order valence-corrected chi connectivity index (χ3v) is 6.38. The molecule has 26 heavy (non-hydrogen) atoms. The Labute approximate surface area is 157 Å². The molecule has 1 spiro atoms. The second-order valence-electron chi connectivity index (χ2n) is 9.28. The second kappa shape index (κ2) is 6.40. The van der Waals surface area contributed by atoms with Crippen molar-refractivity contribution >= 4 is 11.9 Å². The molecule has 0 radical (unpaired) electrons. The minimum absolute atomic E-state index is 0.0339. The first kappa shape index (κ1) is 18.9. The van der Waals surface area contributed by atoms with Gasteiger partial charge in [0.25, 0.3) is 5.91 Å². The van der Waals surface area contributed by atoms with Crippen molar-refractivity contribution < 1.29 is 9.59 Å². The Hall–Kier alpha value is -1.84. The highest BCUT2D eigenvalue weighted by atomic mass is 16.2. The van der Waals surface area contributed by atoms with Crippen LogP contribution in [0.15, 0.2) is 12.1 Å². The maximum atomic E-state index is 13.2. The van der Waals surface area contributed by atoms with E-state index >= 15 is 0 Å². The van der Waals surface area contributed by atoms with E-state index in [1.165, 1.54) is 10.5 Å². The minimum atomic E-state index is -0.678. The third kappa shape index (κ3) is 3.04. The van der Waals surface area contributed by atoms with Crippen LogP contribution in [0.5, 0.6) is 0 Å². The summed E-state index contributed by atoms with van der Waals surface area (Å²) < 4.78 is 0. The van der Waals surface area contributed by atoms with Gasteiger partial charge in [0.15, 0.2) is 0 Å². The SMILES string of the molecule is Cc1cc(C(C)(C)C)cc(C)c1CN1C(=O)N[C@@]2(CCCC[C@@H]2C)C1=O. The maximum absolute atomic E-state index is 13.2. The van der Waals surface area contributed by atoms with E-state index in [1.54, 1.807) is 0 Å². The van der Waals surface area contributed by atoms with E-state index < -0.39 is 5.54 Å². The summed E-state index contributed by atoms with van der Waals surface area (Å²) in [7, 11) is 0. The van der Waals surface area contributed by atoms with Crippen molar-refractivity contribution in [3.8, 4) is 0 Å². The van der Waals surface area contributed by atoms with E-state index in [1.807, 2.05) is 0 Å². The fourth-order valence-corrected chi connectivity index (χ4v) is 4.47. The second-order valence-corrected chi connectivity index (χ2v) is 9.28. The largest absolute Gasteiger partial charge is 0.325 e. The van der Waals surface area contributed by atoms with Crippen LogP contribution in [0.1, 0.15) is 75.6 Å². The lowest BCUT2D eigenvalue weighted by molar-refractivity contribution is -0.134. The number of hydrogen-bond acceptors (Lipinski definition) is 2. The molecule has 1 saturated heterocycles. The zero-order valence-electron chi connectivity index (χ0n) is 17.0. The average Bonchev–Trinajstić information content (AvgIpc) is 2.77. The van der Waals surface area contributed by atoms with Gasteiger partial charge in [-0.1, -0.05) is 52.7 Å². The monoisotopic (exact) mass is 356 g/mol. The number of aryl methyl sites for hydroxylation is 2. The number of nitrogens with one attached hydrogen (secondary N) is 1. The van der Waals surface area contributed by atoms with Crippen molar-refractivity contribution in [3.63, 3.8) is 0 Å². The highest BCUT2D eigenvalue weighted by Crippen LogP contribution is 2.39. The van der Waals surface area contributed by atoms with Crippen molar-refractivity contribution in [1.82, 2.24) is 10.2 Å². The van der Waals surface area contributed by atoms with Gasteiger partial charge in [-0.15, -0.1) is 0 Å². The molecule has 0 bridgehead atoms. The highest BCUT2D eigenvalue weighted by molar-refractivity contribution is 6.07. The van der Waals surface area contributed by atoms with E-state index in [0.717, 1.165) is 42.4 Å². The number of hydrogen-bond donors (Lipinski definition) is 1. The summed E-state index contributed by atoms with van der Waals surface area (Å²) in [5.41, 5.74) is 4.06. The van der Waals surface area contributed by atoms with Gasteiger partial charge in [0.05, 0.1) is 6.54 Å². The van der Waals surface area contributed by atoms with Gasteiger partial charge in [-0.25, -0.2) is 4.79 Å². The predicted molar refractivity (Wildman–Crippen MR) is 104 cm³/mol. The minimum Gasteiger partial charge on any atom is -0.323 e. The molecule has 2 fully saturated rings. The number of benzene rings is 1. The molecule has 1 aliphatic carbocycles. The topological polar surface area (TPSA) is 49.4 Å². The molecule has 4 nitrogen and oxygen atoms in total. The van der Waals surface area contributed by atoms with Crippen LogP contribution >= 0.6 is 0 Å². The molecule has 0 unspecified atom stereocenters. The molecule has 1 aliphatic heterocycles. The number of nitrogens with zero attached hydrogens (tertiary/aromatic N) is 1. The highest BCUT2D eigenvalue weighted by Gasteiger charge is 2.54. The van der Waals surface area contributed by atoms with Crippen LogP contribution in [0.25, 0.3) is 0 Å². The molecule has 0 aromatic heterocycles. The van der Waals surface area contributed by atoms with E-state index in [0.29, 0.717) is 6.54 Å². The molecule has 1 heterocycles. The Balaban J connectivity index is 1.90. The van der Waals surface area contributed by atoms with Crippen molar-refractivity contribution in [2.45, 2.75) is 84.7 Å². The van der Waals surface area contributed by atoms with Crippen molar-refractivity contribution in [2.24, 2.45) is 5.92 Å². The maximum Gasteiger partial charge on any atom is 0.325 e. The molecular weight excluding hydrogens is 324 g/mol. The zero-order chi connectivity index (χ0) is 19.3. The molecule has 4 heteroatoms. The first-order valence-electron chi connectivity index (χ1n) is 9.81. The van der Waals surface area contributed by atoms with Crippen LogP contribution in [0.4, 0.5) is 4.79 Å². The molecule has 2 atom stereocenters. The molecule has 1 aromatic rings. The molecule has 142 valence electrons. The average molecular weight is 357 g/mol. The van der Waals surface area contributed by atoms with Crippen molar-refractivity contribution in [2.75, 3.05) is 0 Å². The lowest BCUT2D eigenvalue weighted by Crippen LogP contribution is -2.53. The van der Waals surface area contributed by atoms with E-state index in [4.69, 9.17) is 0 Å². The van der Waals surface area contributed by atoms with E-state index in [9.17, 15) is 9.59 Å². The summed E-state index contributed by atoms with van der Waals surface area (Å²) in [4.78, 5) is 27.3. The summed E-state index contributed by atoms with van der Waals surface area (Å²) >= 11 is 0. The Bertz CT molecular complexity index is 724. The van der Waals surface area contributed by atoms with Gasteiger partial charge in [-0.2, -0.15) is 0 Å². The van der Waals surface area contributed by atoms with Crippen LogP contribution in [0.2, 0.25) is 0 Å². The number of urea groups is 1. The Kier molecular flexibility index (Phi) is 4.66. The fourth-order valence-electron chi connectivity index (χ4n) is 4.47. The van der Waals surface area contributed by atoms with Gasteiger partial charge in [0.2, 0.25) is 0 Å². The quantitative estimate of drug-likeness (QED) is 0.787. The van der Waals surface area contributed by atoms with Gasteiger partial charge in [-0.05, 0) is 60.3 Å². The summed E-state index contributed by atoms with van der Waals surface area (Å²) in [6, 6.07) is 4.15. The number of carbonyl (C=O) groups excluding carboxylic acids is 2. The predicted octanol–water partition coefficient (Wildman–Crippen LogP) is 4.60. The number of carbonyl (C=O) groups is 2. The summed E-state index contributed by atoms with van der Waals surface area (Å²) in [6.45, 7) is 13.2. The molecule has 3 amide bonds. The number of rotatable bonds is 2. The van der Waals surface area contributed by atoms with Crippen LogP contribution in [-0.2, 0) is 16.8 Å². The molecule has 1 saturated carbocycles. The lowest BCUT2D eigenvalue weighted by Gasteiger charge is -2.36. The van der Waals surface area contributed by atoms with E-state index in [2.05, 4.69) is 59.0 Å². The molecular formula is C22H32N2O2. The first-order chi connectivity index (χ1) is 12.1. The third-order valence-electron chi connectivity index (χ3n) is 6.38. The summed E-state index contributed by atoms with van der Waals surface area (Å²) in [5.74, 6) is 0.163. The Morgan fingerprint density at radius 3 is 2.31 bits per heavy atom. The van der Waals surface area contributed by atoms with Crippen LogP contribution < -0.4 is 5.32 Å². The number of amides is 3. The smallest absolute Gasteiger partial charge is 0.323 e. The van der Waals surface area contributed by atoms with Crippen LogP contribution in [0, 0.1) is 19.8 Å². The summed E-state index contributed by atoms with van der Waals surface area (Å²) in [6.07, 6.45) is 3.90. The zero-order valence-corrected chi connectivity index (χ0v) is 17.0. The van der Waals surface area contributed by atoms with Crippen LogP contribution in [0.3, 0.4) is 0 Å². The van der Waals surface area contributed by atoms with Gasteiger partial charge in [0, 0.05) is 0 Å². The van der Waals surface area contributed by atoms with Gasteiger partial charge >= 0.3 is 6.03 Å². The number of imide groups is 1. The van der Waals surface area contributed by atoms with Crippen LogP contribution in [-0.4, -0.2) is 22.4 Å². The van der Waals surface area contributed by atoms with E-state index in [-0.39, 0.29) is 23.3 Å². The lowest BCUT2D eigenvalue weighted by atomic mass is 9.73. The first-order valence-corrected chi connectivity index (χ1v) is 9.81. The Morgan fingerprint density at radius 1 is 1.15 bits per heavy atom. The Morgan fingerprint density at radius 2 is 1.77 bits per heavy atom. The van der Waals surface area contributed by atoms with Crippen molar-refractivity contribution in [3.05, 3.63) is 34.4 Å². The standard InChI is InChI=1S/C22H32N2O2/c1-14-11-17(21(4,5)6)12-15(2)18(14)13-24-19(25)22(23-20(24)26)10-8-7-9-16(22)3/h11-12,16H,7-10,13H2,1-6H3,(H,23,26)/t16-,22+/m0/s1. The van der Waals surface area contributed by atoms with Gasteiger partial charge in [-0.3, -0.25) is 9.69 Å².